The quantitative estimate of drug-likeness (QED) is 0.825. The summed E-state index contributed by atoms with van der Waals surface area (Å²) in [6.07, 6.45) is 4.40. The van der Waals surface area contributed by atoms with Gasteiger partial charge in [0.2, 0.25) is 0 Å². The lowest BCUT2D eigenvalue weighted by Crippen LogP contribution is -2.49. The minimum Gasteiger partial charge on any atom is -0.378 e. The first-order chi connectivity index (χ1) is 9.78. The molecule has 2 heterocycles. The molecule has 0 bridgehead atoms. The van der Waals surface area contributed by atoms with Crippen molar-refractivity contribution in [2.24, 2.45) is 0 Å². The van der Waals surface area contributed by atoms with Crippen LogP contribution in [0.3, 0.4) is 0 Å². The molecule has 5 nitrogen and oxygen atoms in total. The Kier molecular flexibility index (Phi) is 6.01. The molecule has 0 radical (unpaired) electrons. The highest BCUT2D eigenvalue weighted by atomic mass is 16.5. The van der Waals surface area contributed by atoms with Crippen molar-refractivity contribution in [1.82, 2.24) is 20.0 Å². The van der Waals surface area contributed by atoms with Gasteiger partial charge in [-0.05, 0) is 26.0 Å². The number of hydrogen-bond donors (Lipinski definition) is 1. The van der Waals surface area contributed by atoms with E-state index in [-0.39, 0.29) is 0 Å². The number of aromatic nitrogens is 2. The predicted octanol–water partition coefficient (Wildman–Crippen LogP) is 1.66. The first-order valence-corrected chi connectivity index (χ1v) is 7.78. The average Bonchev–Trinajstić information content (AvgIpc) is 2.91. The SMILES string of the molecule is CCC(CC)n1ccc(CN2CCOCC2CNC)n1. The lowest BCUT2D eigenvalue weighted by molar-refractivity contribution is -0.0109. The Labute approximate surface area is 122 Å². The molecule has 1 atom stereocenters. The highest BCUT2D eigenvalue weighted by Crippen LogP contribution is 2.16. The first-order valence-electron chi connectivity index (χ1n) is 7.78. The Balaban J connectivity index is 1.97. The Hall–Kier alpha value is -0.910. The van der Waals surface area contributed by atoms with Crippen molar-refractivity contribution in [3.05, 3.63) is 18.0 Å². The van der Waals surface area contributed by atoms with Gasteiger partial charge in [0, 0.05) is 31.9 Å². The maximum Gasteiger partial charge on any atom is 0.0765 e. The van der Waals surface area contributed by atoms with E-state index in [9.17, 15) is 0 Å². The average molecular weight is 280 g/mol. The van der Waals surface area contributed by atoms with Gasteiger partial charge in [-0.1, -0.05) is 13.8 Å². The molecule has 5 heteroatoms. The van der Waals surface area contributed by atoms with Crippen LogP contribution in [0.5, 0.6) is 0 Å². The van der Waals surface area contributed by atoms with Crippen LogP contribution in [0.2, 0.25) is 0 Å². The molecule has 1 aliphatic rings. The van der Waals surface area contributed by atoms with Gasteiger partial charge in [-0.3, -0.25) is 9.58 Å². The second-order valence-corrected chi connectivity index (χ2v) is 5.51. The van der Waals surface area contributed by atoms with Gasteiger partial charge in [-0.2, -0.15) is 5.10 Å². The number of rotatable bonds is 7. The van der Waals surface area contributed by atoms with Gasteiger partial charge in [0.1, 0.15) is 0 Å². The van der Waals surface area contributed by atoms with E-state index in [1.807, 2.05) is 7.05 Å². The van der Waals surface area contributed by atoms with Crippen LogP contribution in [0, 0.1) is 0 Å². The molecule has 0 saturated carbocycles. The molecule has 2 rings (SSSR count). The van der Waals surface area contributed by atoms with E-state index >= 15 is 0 Å². The minimum absolute atomic E-state index is 0.451. The predicted molar refractivity (Wildman–Crippen MR) is 80.8 cm³/mol. The second-order valence-electron chi connectivity index (χ2n) is 5.51. The van der Waals surface area contributed by atoms with Crippen molar-refractivity contribution in [3.63, 3.8) is 0 Å². The van der Waals surface area contributed by atoms with E-state index in [1.54, 1.807) is 0 Å². The van der Waals surface area contributed by atoms with Crippen molar-refractivity contribution >= 4 is 0 Å². The summed E-state index contributed by atoms with van der Waals surface area (Å²) in [7, 11) is 1.99. The summed E-state index contributed by atoms with van der Waals surface area (Å²) in [5, 5.41) is 8.00. The maximum atomic E-state index is 5.57. The molecular weight excluding hydrogens is 252 g/mol. The summed E-state index contributed by atoms with van der Waals surface area (Å²) < 4.78 is 7.70. The van der Waals surface area contributed by atoms with E-state index in [2.05, 4.69) is 41.0 Å². The largest absolute Gasteiger partial charge is 0.378 e. The highest BCUT2D eigenvalue weighted by Gasteiger charge is 2.23. The highest BCUT2D eigenvalue weighted by molar-refractivity contribution is 5.00. The van der Waals surface area contributed by atoms with Crippen molar-refractivity contribution < 1.29 is 4.74 Å². The first kappa shape index (κ1) is 15.5. The van der Waals surface area contributed by atoms with Crippen LogP contribution >= 0.6 is 0 Å². The lowest BCUT2D eigenvalue weighted by atomic mass is 10.2. The van der Waals surface area contributed by atoms with Crippen LogP contribution in [0.15, 0.2) is 12.3 Å². The Bertz CT molecular complexity index is 387. The van der Waals surface area contributed by atoms with E-state index < -0.39 is 0 Å². The fourth-order valence-corrected chi connectivity index (χ4v) is 2.86. The third kappa shape index (κ3) is 3.81. The molecule has 0 aromatic carbocycles. The smallest absolute Gasteiger partial charge is 0.0765 e. The van der Waals surface area contributed by atoms with Gasteiger partial charge in [0.25, 0.3) is 0 Å². The molecule has 0 spiro atoms. The molecule has 0 amide bonds. The normalized spacial score (nSPS) is 20.7. The van der Waals surface area contributed by atoms with Gasteiger partial charge in [0.05, 0.1) is 24.9 Å². The molecule has 1 aromatic rings. The molecule has 114 valence electrons. The zero-order chi connectivity index (χ0) is 14.4. The molecule has 0 aliphatic carbocycles. The second kappa shape index (κ2) is 7.76. The molecule has 20 heavy (non-hydrogen) atoms. The summed E-state index contributed by atoms with van der Waals surface area (Å²) in [5.41, 5.74) is 1.17. The fraction of sp³-hybridized carbons (Fsp3) is 0.800. The zero-order valence-corrected chi connectivity index (χ0v) is 13.0. The van der Waals surface area contributed by atoms with Crippen LogP contribution in [0.25, 0.3) is 0 Å². The Morgan fingerprint density at radius 1 is 1.45 bits per heavy atom. The van der Waals surface area contributed by atoms with E-state index in [0.29, 0.717) is 12.1 Å². The fourth-order valence-electron chi connectivity index (χ4n) is 2.86. The van der Waals surface area contributed by atoms with Crippen LogP contribution in [0.1, 0.15) is 38.4 Å². The van der Waals surface area contributed by atoms with Gasteiger partial charge < -0.3 is 10.1 Å². The number of nitrogens with one attached hydrogen (secondary N) is 1. The minimum atomic E-state index is 0.451. The number of nitrogens with zero attached hydrogens (tertiary/aromatic N) is 3. The van der Waals surface area contributed by atoms with Crippen molar-refractivity contribution in [2.75, 3.05) is 33.4 Å². The molecule has 1 fully saturated rings. The summed E-state index contributed by atoms with van der Waals surface area (Å²) in [5.74, 6) is 0. The van der Waals surface area contributed by atoms with Gasteiger partial charge >= 0.3 is 0 Å². The molecule has 1 unspecified atom stereocenters. The summed E-state index contributed by atoms with van der Waals surface area (Å²) >= 11 is 0. The topological polar surface area (TPSA) is 42.3 Å². The van der Waals surface area contributed by atoms with Crippen LogP contribution < -0.4 is 5.32 Å². The number of morpholine rings is 1. The zero-order valence-electron chi connectivity index (χ0n) is 13.0. The van der Waals surface area contributed by atoms with Crippen LogP contribution in [-0.2, 0) is 11.3 Å². The molecular formula is C15H28N4O. The maximum absolute atomic E-state index is 5.57. The summed E-state index contributed by atoms with van der Waals surface area (Å²) in [6, 6.07) is 3.14. The van der Waals surface area contributed by atoms with Gasteiger partial charge in [-0.15, -0.1) is 0 Å². The Morgan fingerprint density at radius 3 is 2.95 bits per heavy atom. The molecule has 1 aliphatic heterocycles. The summed E-state index contributed by atoms with van der Waals surface area (Å²) in [4.78, 5) is 2.47. The number of hydrogen-bond acceptors (Lipinski definition) is 4. The third-order valence-electron chi connectivity index (χ3n) is 4.13. The van der Waals surface area contributed by atoms with Gasteiger partial charge in [-0.25, -0.2) is 0 Å². The van der Waals surface area contributed by atoms with Crippen molar-refractivity contribution in [3.8, 4) is 0 Å². The third-order valence-corrected chi connectivity index (χ3v) is 4.13. The number of ether oxygens (including phenoxy) is 1. The molecule has 1 aromatic heterocycles. The lowest BCUT2D eigenvalue weighted by Gasteiger charge is -2.35. The van der Waals surface area contributed by atoms with E-state index in [4.69, 9.17) is 9.84 Å². The molecule has 1 saturated heterocycles. The Morgan fingerprint density at radius 2 is 2.25 bits per heavy atom. The number of likely N-dealkylation sites (N-methyl/N-ethyl adjacent to an activating group) is 1. The van der Waals surface area contributed by atoms with Crippen LogP contribution in [-0.4, -0.2) is 54.1 Å². The standard InChI is InChI=1S/C15H28N4O/c1-4-14(5-2)19-7-6-13(17-19)11-18-8-9-20-12-15(18)10-16-3/h6-7,14-16H,4-5,8-12H2,1-3H3. The van der Waals surface area contributed by atoms with Gasteiger partial charge in [0.15, 0.2) is 0 Å². The monoisotopic (exact) mass is 280 g/mol. The van der Waals surface area contributed by atoms with Crippen molar-refractivity contribution in [2.45, 2.75) is 45.3 Å². The van der Waals surface area contributed by atoms with Crippen LogP contribution in [0.4, 0.5) is 0 Å². The molecule has 1 N–H and O–H groups in total. The summed E-state index contributed by atoms with van der Waals surface area (Å²) in [6.45, 7) is 8.96. The van der Waals surface area contributed by atoms with E-state index in [1.165, 1.54) is 5.69 Å². The van der Waals surface area contributed by atoms with Crippen molar-refractivity contribution in [1.29, 1.82) is 0 Å². The van der Waals surface area contributed by atoms with E-state index in [0.717, 1.165) is 45.7 Å².